The van der Waals surface area contributed by atoms with Crippen molar-refractivity contribution in [3.63, 3.8) is 0 Å². The van der Waals surface area contributed by atoms with Gasteiger partial charge in [-0.05, 0) is 51.8 Å². The van der Waals surface area contributed by atoms with Gasteiger partial charge < -0.3 is 15.5 Å². The molecule has 2 N–H and O–H groups in total. The minimum absolute atomic E-state index is 0. The maximum absolute atomic E-state index is 12.1. The number of amides is 1. The molecule has 0 heterocycles. The van der Waals surface area contributed by atoms with Gasteiger partial charge in [0.1, 0.15) is 0 Å². The van der Waals surface area contributed by atoms with Gasteiger partial charge in [0, 0.05) is 58.4 Å². The van der Waals surface area contributed by atoms with Crippen LogP contribution in [-0.2, 0) is 6.42 Å². The van der Waals surface area contributed by atoms with Crippen LogP contribution in [0.15, 0.2) is 29.3 Å². The van der Waals surface area contributed by atoms with Crippen LogP contribution in [0.4, 0.5) is 0 Å². The molecule has 7 heteroatoms. The van der Waals surface area contributed by atoms with E-state index in [2.05, 4.69) is 48.2 Å². The summed E-state index contributed by atoms with van der Waals surface area (Å²) in [6.45, 7) is 11.5. The second-order valence-corrected chi connectivity index (χ2v) is 7.50. The topological polar surface area (TPSA) is 60.0 Å². The van der Waals surface area contributed by atoms with Crippen LogP contribution >= 0.6 is 24.0 Å². The lowest BCUT2D eigenvalue weighted by molar-refractivity contribution is 0.0827. The highest BCUT2D eigenvalue weighted by Gasteiger charge is 2.12. The maximum atomic E-state index is 12.1. The smallest absolute Gasteiger partial charge is 0.253 e. The molecule has 160 valence electrons. The van der Waals surface area contributed by atoms with Crippen molar-refractivity contribution >= 4 is 35.8 Å². The molecule has 28 heavy (non-hydrogen) atoms. The monoisotopic (exact) mass is 503 g/mol. The van der Waals surface area contributed by atoms with E-state index in [1.807, 2.05) is 24.3 Å². The molecule has 1 aromatic rings. The van der Waals surface area contributed by atoms with Crippen LogP contribution in [0.5, 0.6) is 0 Å². The molecule has 0 aliphatic carbocycles. The average Bonchev–Trinajstić information content (AvgIpc) is 2.62. The summed E-state index contributed by atoms with van der Waals surface area (Å²) in [6.07, 6.45) is 0.833. The van der Waals surface area contributed by atoms with Gasteiger partial charge in [0.05, 0.1) is 0 Å². The summed E-state index contributed by atoms with van der Waals surface area (Å²) in [6, 6.07) is 8.86. The zero-order valence-corrected chi connectivity index (χ0v) is 20.8. The van der Waals surface area contributed by atoms with Crippen LogP contribution in [0.3, 0.4) is 0 Å². The van der Waals surface area contributed by atoms with Crippen molar-refractivity contribution in [1.29, 1.82) is 0 Å². The van der Waals surface area contributed by atoms with E-state index in [0.29, 0.717) is 12.1 Å². The van der Waals surface area contributed by atoms with Crippen LogP contribution in [0.2, 0.25) is 0 Å². The maximum Gasteiger partial charge on any atom is 0.253 e. The van der Waals surface area contributed by atoms with E-state index in [0.717, 1.165) is 43.1 Å². The molecule has 0 bridgehead atoms. The molecule has 6 nitrogen and oxygen atoms in total. The Morgan fingerprint density at radius 2 is 1.68 bits per heavy atom. The summed E-state index contributed by atoms with van der Waals surface area (Å²) in [4.78, 5) is 20.4. The van der Waals surface area contributed by atoms with Gasteiger partial charge in [-0.2, -0.15) is 0 Å². The van der Waals surface area contributed by atoms with Gasteiger partial charge in [0.25, 0.3) is 5.91 Å². The standard InChI is InChI=1S/C21H37N5O.HI/c1-16(2)26(17(3)4)14-13-24-21(22-5)23-12-11-18-9-8-10-19(15-18)20(27)25(6)7;/h8-10,15-17H,11-14H2,1-7H3,(H2,22,23,24);1H. The van der Waals surface area contributed by atoms with Crippen LogP contribution in [-0.4, -0.2) is 74.5 Å². The second kappa shape index (κ2) is 13.8. The molecule has 1 aromatic carbocycles. The van der Waals surface area contributed by atoms with E-state index in [-0.39, 0.29) is 29.9 Å². The first-order valence-corrected chi connectivity index (χ1v) is 9.77. The van der Waals surface area contributed by atoms with Crippen molar-refractivity contribution in [3.8, 4) is 0 Å². The number of carbonyl (C=O) groups excluding carboxylic acids is 1. The number of aliphatic imine (C=N–C) groups is 1. The van der Waals surface area contributed by atoms with Gasteiger partial charge in [-0.1, -0.05) is 12.1 Å². The van der Waals surface area contributed by atoms with Crippen molar-refractivity contribution in [2.75, 3.05) is 40.8 Å². The van der Waals surface area contributed by atoms with Crippen molar-refractivity contribution < 1.29 is 4.79 Å². The molecule has 0 spiro atoms. The number of halogens is 1. The highest BCUT2D eigenvalue weighted by Crippen LogP contribution is 2.08. The number of hydrogen-bond donors (Lipinski definition) is 2. The van der Waals surface area contributed by atoms with Gasteiger partial charge >= 0.3 is 0 Å². The van der Waals surface area contributed by atoms with Crippen molar-refractivity contribution in [3.05, 3.63) is 35.4 Å². The first-order chi connectivity index (χ1) is 12.8. The first-order valence-electron chi connectivity index (χ1n) is 9.77. The summed E-state index contributed by atoms with van der Waals surface area (Å²) >= 11 is 0. The Bertz CT molecular complexity index is 609. The predicted octanol–water partition coefficient (Wildman–Crippen LogP) is 2.83. The number of nitrogens with one attached hydrogen (secondary N) is 2. The molecule has 0 radical (unpaired) electrons. The molecule has 0 saturated carbocycles. The quantitative estimate of drug-likeness (QED) is 0.309. The minimum Gasteiger partial charge on any atom is -0.356 e. The summed E-state index contributed by atoms with van der Waals surface area (Å²) in [5.41, 5.74) is 1.86. The first kappa shape index (κ1) is 26.6. The molecule has 0 aliphatic heterocycles. The van der Waals surface area contributed by atoms with E-state index < -0.39 is 0 Å². The summed E-state index contributed by atoms with van der Waals surface area (Å²) in [5.74, 6) is 0.838. The Morgan fingerprint density at radius 1 is 1.07 bits per heavy atom. The van der Waals surface area contributed by atoms with Crippen LogP contribution < -0.4 is 10.6 Å². The molecule has 0 saturated heterocycles. The predicted molar refractivity (Wildman–Crippen MR) is 130 cm³/mol. The zero-order valence-electron chi connectivity index (χ0n) is 18.5. The Balaban J connectivity index is 0.00000729. The summed E-state index contributed by atoms with van der Waals surface area (Å²) in [7, 11) is 5.33. The molecule has 0 unspecified atom stereocenters. The van der Waals surface area contributed by atoms with E-state index in [4.69, 9.17) is 0 Å². The highest BCUT2D eigenvalue weighted by atomic mass is 127. The number of hydrogen-bond acceptors (Lipinski definition) is 3. The zero-order chi connectivity index (χ0) is 20.4. The summed E-state index contributed by atoms with van der Waals surface area (Å²) < 4.78 is 0. The lowest BCUT2D eigenvalue weighted by Crippen LogP contribution is -2.45. The molecular formula is C21H38IN5O. The third-order valence-electron chi connectivity index (χ3n) is 4.50. The molecule has 0 atom stereocenters. The number of nitrogens with zero attached hydrogens (tertiary/aromatic N) is 3. The van der Waals surface area contributed by atoms with E-state index >= 15 is 0 Å². The number of benzene rings is 1. The largest absolute Gasteiger partial charge is 0.356 e. The number of guanidine groups is 1. The SMILES string of the molecule is CN=C(NCCc1cccc(C(=O)N(C)C)c1)NCCN(C(C)C)C(C)C.I. The molecule has 0 aromatic heterocycles. The fraction of sp³-hybridized carbons (Fsp3) is 0.619. The fourth-order valence-electron chi connectivity index (χ4n) is 3.08. The highest BCUT2D eigenvalue weighted by molar-refractivity contribution is 14.0. The van der Waals surface area contributed by atoms with Crippen LogP contribution in [0, 0.1) is 0 Å². The lowest BCUT2D eigenvalue weighted by Gasteiger charge is -2.30. The van der Waals surface area contributed by atoms with Crippen molar-refractivity contribution in [1.82, 2.24) is 20.4 Å². The Kier molecular flexibility index (Phi) is 13.1. The van der Waals surface area contributed by atoms with Gasteiger partial charge in [0.2, 0.25) is 0 Å². The minimum atomic E-state index is 0. The summed E-state index contributed by atoms with van der Waals surface area (Å²) in [5, 5.41) is 6.72. The van der Waals surface area contributed by atoms with E-state index in [1.54, 1.807) is 26.0 Å². The van der Waals surface area contributed by atoms with E-state index in [1.165, 1.54) is 0 Å². The van der Waals surface area contributed by atoms with Crippen molar-refractivity contribution in [2.24, 2.45) is 4.99 Å². The normalized spacial score (nSPS) is 11.6. The average molecular weight is 503 g/mol. The molecule has 0 aliphatic rings. The second-order valence-electron chi connectivity index (χ2n) is 7.50. The van der Waals surface area contributed by atoms with E-state index in [9.17, 15) is 4.79 Å². The van der Waals surface area contributed by atoms with Gasteiger partial charge in [-0.15, -0.1) is 24.0 Å². The molecular weight excluding hydrogens is 465 g/mol. The number of rotatable bonds is 9. The molecule has 0 fully saturated rings. The van der Waals surface area contributed by atoms with Crippen molar-refractivity contribution in [2.45, 2.75) is 46.2 Å². The Morgan fingerprint density at radius 3 is 2.21 bits per heavy atom. The molecule has 1 amide bonds. The van der Waals surface area contributed by atoms with Gasteiger partial charge in [0.15, 0.2) is 5.96 Å². The van der Waals surface area contributed by atoms with Crippen LogP contribution in [0.1, 0.15) is 43.6 Å². The Hall–Kier alpha value is -1.35. The third-order valence-corrected chi connectivity index (χ3v) is 4.50. The Labute approximate surface area is 188 Å². The number of carbonyl (C=O) groups is 1. The van der Waals surface area contributed by atoms with Crippen LogP contribution in [0.25, 0.3) is 0 Å². The third kappa shape index (κ3) is 9.23. The molecule has 1 rings (SSSR count). The fourth-order valence-corrected chi connectivity index (χ4v) is 3.08. The lowest BCUT2D eigenvalue weighted by atomic mass is 10.1. The van der Waals surface area contributed by atoms with Gasteiger partial charge in [-0.25, -0.2) is 0 Å². The van der Waals surface area contributed by atoms with Gasteiger partial charge in [-0.3, -0.25) is 14.7 Å².